The molecule has 2 rings (SSSR count). The highest BCUT2D eigenvalue weighted by molar-refractivity contribution is 14.0. The van der Waals surface area contributed by atoms with Crippen molar-refractivity contribution in [3.05, 3.63) is 42.5 Å². The smallest absolute Gasteiger partial charge is 0.246 e. The number of rotatable bonds is 8. The highest BCUT2D eigenvalue weighted by atomic mass is 127. The summed E-state index contributed by atoms with van der Waals surface area (Å²) >= 11 is 0. The predicted molar refractivity (Wildman–Crippen MR) is 121 cm³/mol. The van der Waals surface area contributed by atoms with Gasteiger partial charge < -0.3 is 15.1 Å². The summed E-state index contributed by atoms with van der Waals surface area (Å²) < 4.78 is 0. The summed E-state index contributed by atoms with van der Waals surface area (Å²) in [6.45, 7) is 5.70. The Morgan fingerprint density at radius 3 is 2.85 bits per heavy atom. The fourth-order valence-electron chi connectivity index (χ4n) is 3.15. The molecule has 26 heavy (non-hydrogen) atoms. The van der Waals surface area contributed by atoms with Crippen molar-refractivity contribution in [3.63, 3.8) is 0 Å². The van der Waals surface area contributed by atoms with Crippen molar-refractivity contribution in [2.24, 2.45) is 4.99 Å². The van der Waals surface area contributed by atoms with Crippen molar-refractivity contribution in [1.82, 2.24) is 10.2 Å². The number of nitrogens with zero attached hydrogens (tertiary/aromatic N) is 3. The first kappa shape index (κ1) is 22.5. The van der Waals surface area contributed by atoms with Gasteiger partial charge in [0.25, 0.3) is 0 Å². The van der Waals surface area contributed by atoms with E-state index in [1.54, 1.807) is 7.05 Å². The van der Waals surface area contributed by atoms with Gasteiger partial charge in [0.15, 0.2) is 5.96 Å². The number of nitrogens with one attached hydrogen (secondary N) is 1. The normalized spacial score (nSPS) is 13.0. The molecule has 0 saturated carbocycles. The third-order valence-corrected chi connectivity index (χ3v) is 4.56. The number of carbonyl (C=O) groups is 1. The van der Waals surface area contributed by atoms with Gasteiger partial charge in [-0.2, -0.15) is 0 Å². The number of anilines is 1. The lowest BCUT2D eigenvalue weighted by molar-refractivity contribution is -0.117. The van der Waals surface area contributed by atoms with E-state index in [4.69, 9.17) is 0 Å². The second-order valence-electron chi connectivity index (χ2n) is 6.38. The topological polar surface area (TPSA) is 47.9 Å². The van der Waals surface area contributed by atoms with E-state index in [9.17, 15) is 4.79 Å². The third kappa shape index (κ3) is 6.30. The number of unbranched alkanes of at least 4 members (excludes halogenated alkanes) is 3. The van der Waals surface area contributed by atoms with Gasteiger partial charge in [-0.15, -0.1) is 30.6 Å². The van der Waals surface area contributed by atoms with Crippen LogP contribution in [0.3, 0.4) is 0 Å². The summed E-state index contributed by atoms with van der Waals surface area (Å²) in [6.07, 6.45) is 7.43. The van der Waals surface area contributed by atoms with Crippen LogP contribution >= 0.6 is 24.0 Å². The molecule has 0 unspecified atom stereocenters. The van der Waals surface area contributed by atoms with Crippen molar-refractivity contribution in [3.8, 4) is 0 Å². The number of fused-ring (bicyclic) bond motifs is 1. The molecule has 0 saturated heterocycles. The quantitative estimate of drug-likeness (QED) is 0.208. The number of guanidine groups is 1. The summed E-state index contributed by atoms with van der Waals surface area (Å²) in [6, 6.07) is 8.12. The van der Waals surface area contributed by atoms with Gasteiger partial charge in [-0.3, -0.25) is 9.79 Å². The number of amides is 1. The van der Waals surface area contributed by atoms with Crippen molar-refractivity contribution < 1.29 is 4.79 Å². The lowest BCUT2D eigenvalue weighted by atomic mass is 10.2. The van der Waals surface area contributed by atoms with E-state index in [1.165, 1.54) is 18.4 Å². The van der Waals surface area contributed by atoms with E-state index in [0.29, 0.717) is 0 Å². The molecule has 0 bridgehead atoms. The Balaban J connectivity index is 0.00000338. The minimum Gasteiger partial charge on any atom is -0.347 e. The van der Waals surface area contributed by atoms with Crippen LogP contribution in [0.5, 0.6) is 0 Å². The van der Waals surface area contributed by atoms with Crippen LogP contribution in [-0.4, -0.2) is 50.5 Å². The Bertz CT molecular complexity index is 618. The summed E-state index contributed by atoms with van der Waals surface area (Å²) in [5.74, 6) is 0.857. The number of benzene rings is 1. The van der Waals surface area contributed by atoms with E-state index >= 15 is 0 Å². The Labute approximate surface area is 174 Å². The minimum atomic E-state index is 0. The molecule has 0 atom stereocenters. The van der Waals surface area contributed by atoms with Crippen LogP contribution in [0.4, 0.5) is 5.69 Å². The Kier molecular flexibility index (Phi) is 10.3. The van der Waals surface area contributed by atoms with Crippen molar-refractivity contribution in [2.45, 2.75) is 32.1 Å². The Morgan fingerprint density at radius 1 is 1.35 bits per heavy atom. The molecule has 1 aliphatic rings. The number of hydrogen-bond donors (Lipinski definition) is 1. The van der Waals surface area contributed by atoms with Crippen molar-refractivity contribution >= 4 is 41.5 Å². The number of allylic oxidation sites excluding steroid dienone is 1. The number of para-hydroxylation sites is 1. The van der Waals surface area contributed by atoms with Gasteiger partial charge in [-0.05, 0) is 37.3 Å². The molecule has 1 aromatic carbocycles. The number of halogens is 1. The summed E-state index contributed by atoms with van der Waals surface area (Å²) in [5.41, 5.74) is 2.29. The monoisotopic (exact) mass is 470 g/mol. The highest BCUT2D eigenvalue weighted by Crippen LogP contribution is 2.27. The van der Waals surface area contributed by atoms with Crippen molar-refractivity contribution in [1.29, 1.82) is 0 Å². The number of carbonyl (C=O) groups excluding carboxylic acids is 1. The zero-order valence-corrected chi connectivity index (χ0v) is 18.2. The van der Waals surface area contributed by atoms with Crippen LogP contribution in [0.1, 0.15) is 31.2 Å². The molecule has 0 spiro atoms. The molecule has 1 N–H and O–H groups in total. The van der Waals surface area contributed by atoms with Crippen LogP contribution in [0, 0.1) is 0 Å². The zero-order valence-electron chi connectivity index (χ0n) is 15.9. The summed E-state index contributed by atoms with van der Waals surface area (Å²) in [5, 5.41) is 3.20. The average Bonchev–Trinajstić information content (AvgIpc) is 3.06. The van der Waals surface area contributed by atoms with Crippen LogP contribution in [0.15, 0.2) is 41.9 Å². The van der Waals surface area contributed by atoms with Gasteiger partial charge in [0.05, 0.1) is 6.54 Å². The lowest BCUT2D eigenvalue weighted by Gasteiger charge is -2.23. The Hall–Kier alpha value is -1.57. The Morgan fingerprint density at radius 2 is 2.12 bits per heavy atom. The highest BCUT2D eigenvalue weighted by Gasteiger charge is 2.24. The minimum absolute atomic E-state index is 0. The van der Waals surface area contributed by atoms with Crippen LogP contribution in [0.2, 0.25) is 0 Å². The lowest BCUT2D eigenvalue weighted by Crippen LogP contribution is -2.45. The van der Waals surface area contributed by atoms with E-state index in [1.807, 2.05) is 36.2 Å². The maximum absolute atomic E-state index is 12.6. The zero-order chi connectivity index (χ0) is 18.1. The molecule has 1 heterocycles. The first-order valence-electron chi connectivity index (χ1n) is 9.08. The third-order valence-electron chi connectivity index (χ3n) is 4.56. The van der Waals surface area contributed by atoms with E-state index in [-0.39, 0.29) is 36.4 Å². The van der Waals surface area contributed by atoms with Gasteiger partial charge in [0.2, 0.25) is 5.91 Å². The van der Waals surface area contributed by atoms with Gasteiger partial charge in [-0.25, -0.2) is 0 Å². The standard InChI is InChI=1S/C20H30N4O.HI/c1-4-5-6-7-10-14-23(3)20(21-2)22-16-19(25)24-15-13-17-11-8-9-12-18(17)24;/h4,8-9,11-12H,1,5-7,10,13-16H2,2-3H3,(H,21,22);1H. The second kappa shape index (κ2) is 11.9. The molecule has 6 heteroatoms. The molecule has 1 amide bonds. The first-order chi connectivity index (χ1) is 12.2. The molecular formula is C20H31IN4O. The molecule has 0 aliphatic carbocycles. The maximum Gasteiger partial charge on any atom is 0.246 e. The fourth-order valence-corrected chi connectivity index (χ4v) is 3.15. The second-order valence-corrected chi connectivity index (χ2v) is 6.38. The van der Waals surface area contributed by atoms with E-state index < -0.39 is 0 Å². The van der Waals surface area contributed by atoms with Crippen LogP contribution in [-0.2, 0) is 11.2 Å². The van der Waals surface area contributed by atoms with Gasteiger partial charge in [-0.1, -0.05) is 30.7 Å². The summed E-state index contributed by atoms with van der Waals surface area (Å²) in [7, 11) is 3.77. The summed E-state index contributed by atoms with van der Waals surface area (Å²) in [4.78, 5) is 20.8. The van der Waals surface area contributed by atoms with Crippen LogP contribution in [0.25, 0.3) is 0 Å². The molecule has 0 radical (unpaired) electrons. The van der Waals surface area contributed by atoms with Gasteiger partial charge in [0.1, 0.15) is 0 Å². The van der Waals surface area contributed by atoms with Gasteiger partial charge >= 0.3 is 0 Å². The molecular weight excluding hydrogens is 439 g/mol. The first-order valence-corrected chi connectivity index (χ1v) is 9.08. The molecule has 0 aromatic heterocycles. The number of hydrogen-bond acceptors (Lipinski definition) is 2. The van der Waals surface area contributed by atoms with E-state index in [2.05, 4.69) is 27.9 Å². The number of aliphatic imine (C=N–C) groups is 1. The van der Waals surface area contributed by atoms with Crippen molar-refractivity contribution in [2.75, 3.05) is 38.6 Å². The molecule has 5 nitrogen and oxygen atoms in total. The van der Waals surface area contributed by atoms with E-state index in [0.717, 1.165) is 44.0 Å². The SMILES string of the molecule is C=CCCCCCN(C)C(=NC)NCC(=O)N1CCc2ccccc21.I. The fraction of sp³-hybridized carbons (Fsp3) is 0.500. The largest absolute Gasteiger partial charge is 0.347 e. The molecule has 144 valence electrons. The van der Waals surface area contributed by atoms with Gasteiger partial charge in [0, 0.05) is 32.9 Å². The predicted octanol–water partition coefficient (Wildman–Crippen LogP) is 3.45. The molecule has 1 aromatic rings. The van der Waals surface area contributed by atoms with Crippen LogP contribution < -0.4 is 10.2 Å². The molecule has 1 aliphatic heterocycles. The maximum atomic E-state index is 12.6. The molecule has 0 fully saturated rings. The average molecular weight is 470 g/mol.